The number of carbonyl (C=O) groups is 2. The first-order valence-electron chi connectivity index (χ1n) is 9.15. The first-order chi connectivity index (χ1) is 13.1. The van der Waals surface area contributed by atoms with Crippen LogP contribution in [0.25, 0.3) is 22.2 Å². The van der Waals surface area contributed by atoms with Gasteiger partial charge in [0.05, 0.1) is 23.3 Å². The molecule has 0 atom stereocenters. The van der Waals surface area contributed by atoms with E-state index < -0.39 is 0 Å². The summed E-state index contributed by atoms with van der Waals surface area (Å²) < 4.78 is 0. The normalized spacial score (nSPS) is 10.6. The standard InChI is InChI=1S/C22H23N3O2/c1-3-23-21(26)15-25(4-2)22(27)18-14-20(16-10-6-5-7-11-16)24-19-13-9-8-12-17(18)19/h5-14H,3-4,15H2,1-2H3,(H,23,26). The summed E-state index contributed by atoms with van der Waals surface area (Å²) in [6.45, 7) is 4.77. The smallest absolute Gasteiger partial charge is 0.255 e. The second-order valence-corrected chi connectivity index (χ2v) is 6.21. The zero-order valence-corrected chi connectivity index (χ0v) is 15.6. The number of carbonyl (C=O) groups excluding carboxylic acids is 2. The molecule has 0 unspecified atom stereocenters. The van der Waals surface area contributed by atoms with Gasteiger partial charge < -0.3 is 10.2 Å². The third kappa shape index (κ3) is 4.14. The maximum Gasteiger partial charge on any atom is 0.255 e. The number of hydrogen-bond acceptors (Lipinski definition) is 3. The molecule has 0 saturated heterocycles. The van der Waals surface area contributed by atoms with Gasteiger partial charge in [0.25, 0.3) is 5.91 Å². The predicted octanol–water partition coefficient (Wildman–Crippen LogP) is 3.50. The monoisotopic (exact) mass is 361 g/mol. The number of hydrogen-bond donors (Lipinski definition) is 1. The van der Waals surface area contributed by atoms with Gasteiger partial charge in [-0.05, 0) is 26.0 Å². The highest BCUT2D eigenvalue weighted by atomic mass is 16.2. The van der Waals surface area contributed by atoms with Crippen LogP contribution in [0.2, 0.25) is 0 Å². The number of nitrogens with one attached hydrogen (secondary N) is 1. The van der Waals surface area contributed by atoms with Crippen molar-refractivity contribution in [2.75, 3.05) is 19.6 Å². The van der Waals surface area contributed by atoms with Gasteiger partial charge in [0.2, 0.25) is 5.91 Å². The second-order valence-electron chi connectivity index (χ2n) is 6.21. The third-order valence-corrected chi connectivity index (χ3v) is 4.39. The van der Waals surface area contributed by atoms with Crippen molar-refractivity contribution in [1.29, 1.82) is 0 Å². The Labute approximate surface area is 159 Å². The van der Waals surface area contributed by atoms with E-state index in [1.54, 1.807) is 4.90 Å². The Balaban J connectivity index is 2.06. The van der Waals surface area contributed by atoms with Crippen molar-refractivity contribution in [2.24, 2.45) is 0 Å². The summed E-state index contributed by atoms with van der Waals surface area (Å²) in [4.78, 5) is 31.5. The Morgan fingerprint density at radius 2 is 1.70 bits per heavy atom. The van der Waals surface area contributed by atoms with Crippen molar-refractivity contribution >= 4 is 22.7 Å². The zero-order valence-electron chi connectivity index (χ0n) is 15.6. The van der Waals surface area contributed by atoms with Crippen LogP contribution >= 0.6 is 0 Å². The van der Waals surface area contributed by atoms with Crippen LogP contribution < -0.4 is 5.32 Å². The van der Waals surface area contributed by atoms with E-state index >= 15 is 0 Å². The van der Waals surface area contributed by atoms with E-state index in [2.05, 4.69) is 5.32 Å². The van der Waals surface area contributed by atoms with Gasteiger partial charge in [-0.15, -0.1) is 0 Å². The van der Waals surface area contributed by atoms with Gasteiger partial charge in [0.15, 0.2) is 0 Å². The number of fused-ring (bicyclic) bond motifs is 1. The lowest BCUT2D eigenvalue weighted by Crippen LogP contribution is -2.40. The van der Waals surface area contributed by atoms with Crippen molar-refractivity contribution in [3.63, 3.8) is 0 Å². The molecule has 0 aliphatic carbocycles. The highest BCUT2D eigenvalue weighted by molar-refractivity contribution is 6.08. The average Bonchev–Trinajstić information content (AvgIpc) is 2.71. The molecule has 138 valence electrons. The van der Waals surface area contributed by atoms with Crippen LogP contribution in [0.5, 0.6) is 0 Å². The summed E-state index contributed by atoms with van der Waals surface area (Å²) in [6, 6.07) is 19.2. The molecule has 0 aliphatic heterocycles. The van der Waals surface area contributed by atoms with Crippen LogP contribution in [-0.2, 0) is 4.79 Å². The van der Waals surface area contributed by atoms with Crippen LogP contribution in [0, 0.1) is 0 Å². The number of nitrogens with zero attached hydrogens (tertiary/aromatic N) is 2. The lowest BCUT2D eigenvalue weighted by molar-refractivity contribution is -0.121. The zero-order chi connectivity index (χ0) is 19.2. The molecule has 0 radical (unpaired) electrons. The third-order valence-electron chi connectivity index (χ3n) is 4.39. The van der Waals surface area contributed by atoms with Gasteiger partial charge in [0.1, 0.15) is 0 Å². The van der Waals surface area contributed by atoms with Gasteiger partial charge >= 0.3 is 0 Å². The van der Waals surface area contributed by atoms with Gasteiger partial charge in [-0.3, -0.25) is 9.59 Å². The van der Waals surface area contributed by atoms with Crippen molar-refractivity contribution in [2.45, 2.75) is 13.8 Å². The first-order valence-corrected chi connectivity index (χ1v) is 9.15. The number of likely N-dealkylation sites (N-methyl/N-ethyl adjacent to an activating group) is 2. The van der Waals surface area contributed by atoms with E-state index in [0.29, 0.717) is 18.7 Å². The molecule has 3 aromatic rings. The molecule has 5 heteroatoms. The molecule has 2 amide bonds. The van der Waals surface area contributed by atoms with Crippen LogP contribution in [0.3, 0.4) is 0 Å². The highest BCUT2D eigenvalue weighted by Gasteiger charge is 2.20. The van der Waals surface area contributed by atoms with Gasteiger partial charge in [-0.25, -0.2) is 4.98 Å². The minimum atomic E-state index is -0.167. The molecule has 0 spiro atoms. The molecule has 1 aromatic heterocycles. The average molecular weight is 361 g/mol. The molecule has 1 heterocycles. The van der Waals surface area contributed by atoms with E-state index in [1.807, 2.05) is 74.5 Å². The number of benzene rings is 2. The van der Waals surface area contributed by atoms with Gasteiger partial charge in [-0.2, -0.15) is 0 Å². The molecular weight excluding hydrogens is 338 g/mol. The number of rotatable bonds is 6. The first kappa shape index (κ1) is 18.6. The Morgan fingerprint density at radius 3 is 2.41 bits per heavy atom. The second kappa shape index (κ2) is 8.45. The summed E-state index contributed by atoms with van der Waals surface area (Å²) >= 11 is 0. The molecule has 27 heavy (non-hydrogen) atoms. The molecule has 0 bridgehead atoms. The fourth-order valence-electron chi connectivity index (χ4n) is 3.03. The summed E-state index contributed by atoms with van der Waals surface area (Å²) in [7, 11) is 0. The van der Waals surface area contributed by atoms with Crippen molar-refractivity contribution < 1.29 is 9.59 Å². The molecule has 3 rings (SSSR count). The summed E-state index contributed by atoms with van der Waals surface area (Å²) in [5.74, 6) is -0.325. The van der Waals surface area contributed by atoms with Crippen LogP contribution in [0.15, 0.2) is 60.7 Å². The van der Waals surface area contributed by atoms with Crippen LogP contribution in [0.4, 0.5) is 0 Å². The summed E-state index contributed by atoms with van der Waals surface area (Å²) in [5, 5.41) is 3.53. The molecule has 5 nitrogen and oxygen atoms in total. The molecule has 1 N–H and O–H groups in total. The topological polar surface area (TPSA) is 62.3 Å². The van der Waals surface area contributed by atoms with E-state index in [4.69, 9.17) is 4.98 Å². The van der Waals surface area contributed by atoms with Gasteiger partial charge in [-0.1, -0.05) is 48.5 Å². The SMILES string of the molecule is CCNC(=O)CN(CC)C(=O)c1cc(-c2ccccc2)nc2ccccc12. The summed E-state index contributed by atoms with van der Waals surface area (Å²) in [5.41, 5.74) is 3.01. The largest absolute Gasteiger partial charge is 0.355 e. The minimum absolute atomic E-state index is 0.0422. The number of pyridine rings is 1. The van der Waals surface area contributed by atoms with Gasteiger partial charge in [0, 0.05) is 24.0 Å². The maximum atomic E-state index is 13.2. The van der Waals surface area contributed by atoms with Crippen LogP contribution in [-0.4, -0.2) is 41.3 Å². The minimum Gasteiger partial charge on any atom is -0.355 e. The Kier molecular flexibility index (Phi) is 5.81. The maximum absolute atomic E-state index is 13.2. The van der Waals surface area contributed by atoms with E-state index in [-0.39, 0.29) is 18.4 Å². The van der Waals surface area contributed by atoms with Crippen LogP contribution in [0.1, 0.15) is 24.2 Å². The molecular formula is C22H23N3O2. The van der Waals surface area contributed by atoms with E-state index in [9.17, 15) is 9.59 Å². The van der Waals surface area contributed by atoms with Crippen molar-refractivity contribution in [1.82, 2.24) is 15.2 Å². The quantitative estimate of drug-likeness (QED) is 0.731. The Bertz CT molecular complexity index is 954. The summed E-state index contributed by atoms with van der Waals surface area (Å²) in [6.07, 6.45) is 0. The number of amides is 2. The molecule has 2 aromatic carbocycles. The Hall–Kier alpha value is -3.21. The van der Waals surface area contributed by atoms with E-state index in [1.165, 1.54) is 0 Å². The molecule has 0 fully saturated rings. The van der Waals surface area contributed by atoms with Crippen molar-refractivity contribution in [3.05, 3.63) is 66.2 Å². The number of para-hydroxylation sites is 1. The van der Waals surface area contributed by atoms with Crippen molar-refractivity contribution in [3.8, 4) is 11.3 Å². The lowest BCUT2D eigenvalue weighted by atomic mass is 10.0. The lowest BCUT2D eigenvalue weighted by Gasteiger charge is -2.21. The highest BCUT2D eigenvalue weighted by Crippen LogP contribution is 2.25. The fourth-order valence-corrected chi connectivity index (χ4v) is 3.03. The van der Waals surface area contributed by atoms with E-state index in [0.717, 1.165) is 22.2 Å². The Morgan fingerprint density at radius 1 is 1.00 bits per heavy atom. The molecule has 0 saturated carbocycles. The predicted molar refractivity (Wildman–Crippen MR) is 107 cm³/mol. The fraction of sp³-hybridized carbons (Fsp3) is 0.227. The molecule has 0 aliphatic rings. The number of aromatic nitrogens is 1.